The van der Waals surface area contributed by atoms with E-state index in [0.717, 1.165) is 22.2 Å². The molecule has 0 saturated carbocycles. The maximum absolute atomic E-state index is 8.97. The predicted molar refractivity (Wildman–Crippen MR) is 60.4 cm³/mol. The van der Waals surface area contributed by atoms with E-state index in [1.807, 2.05) is 32.0 Å². The van der Waals surface area contributed by atoms with Crippen LogP contribution in [0.2, 0.25) is 0 Å². The molecule has 0 aliphatic carbocycles. The molecule has 0 fully saturated rings. The van der Waals surface area contributed by atoms with Crippen molar-refractivity contribution in [2.24, 2.45) is 5.73 Å². The molecule has 15 heavy (non-hydrogen) atoms. The number of aromatic nitrogens is 1. The molecule has 0 radical (unpaired) electrons. The van der Waals surface area contributed by atoms with Crippen LogP contribution in [0.15, 0.2) is 18.2 Å². The van der Waals surface area contributed by atoms with E-state index in [4.69, 9.17) is 11.0 Å². The minimum absolute atomic E-state index is 0.0207. The average Bonchev–Trinajstić information content (AvgIpc) is 2.53. The summed E-state index contributed by atoms with van der Waals surface area (Å²) in [5, 5.41) is 10.0. The Bertz CT molecular complexity index is 544. The predicted octanol–water partition coefficient (Wildman–Crippen LogP) is 2.37. The van der Waals surface area contributed by atoms with E-state index < -0.39 is 0 Å². The minimum atomic E-state index is -0.0207. The van der Waals surface area contributed by atoms with Gasteiger partial charge in [0.15, 0.2) is 0 Å². The van der Waals surface area contributed by atoms with E-state index in [2.05, 4.69) is 11.1 Å². The van der Waals surface area contributed by atoms with Crippen molar-refractivity contribution in [3.63, 3.8) is 0 Å². The molecule has 2 aromatic rings. The molecule has 1 aromatic carbocycles. The molecule has 2 rings (SSSR count). The summed E-state index contributed by atoms with van der Waals surface area (Å²) in [5.74, 6) is 0. The van der Waals surface area contributed by atoms with Crippen molar-refractivity contribution in [3.05, 3.63) is 35.0 Å². The number of nitrogens with one attached hydrogen (secondary N) is 1. The molecule has 0 aliphatic rings. The highest BCUT2D eigenvalue weighted by Gasteiger charge is 2.13. The summed E-state index contributed by atoms with van der Waals surface area (Å²) in [4.78, 5) is 3.23. The molecule has 0 saturated heterocycles. The zero-order valence-electron chi connectivity index (χ0n) is 8.83. The molecule has 3 heteroatoms. The molecule has 1 aromatic heterocycles. The SMILES string of the molecule is Cc1[nH]c2c(C#N)cccc2c1C(C)N. The van der Waals surface area contributed by atoms with Crippen LogP contribution in [-0.4, -0.2) is 4.98 Å². The fraction of sp³-hybridized carbons (Fsp3) is 0.250. The molecule has 0 bridgehead atoms. The van der Waals surface area contributed by atoms with Crippen LogP contribution in [-0.2, 0) is 0 Å². The van der Waals surface area contributed by atoms with Gasteiger partial charge < -0.3 is 10.7 Å². The first-order valence-electron chi connectivity index (χ1n) is 4.92. The van der Waals surface area contributed by atoms with Crippen molar-refractivity contribution in [1.82, 2.24) is 4.98 Å². The lowest BCUT2D eigenvalue weighted by atomic mass is 10.0. The van der Waals surface area contributed by atoms with Crippen LogP contribution < -0.4 is 5.73 Å². The molecule has 1 unspecified atom stereocenters. The molecule has 1 heterocycles. The molecule has 0 amide bonds. The first-order chi connectivity index (χ1) is 7.15. The minimum Gasteiger partial charge on any atom is -0.357 e. The first-order valence-corrected chi connectivity index (χ1v) is 4.92. The lowest BCUT2D eigenvalue weighted by Crippen LogP contribution is -2.05. The molecule has 3 nitrogen and oxygen atoms in total. The smallest absolute Gasteiger partial charge is 0.101 e. The van der Waals surface area contributed by atoms with Gasteiger partial charge in [0.05, 0.1) is 11.1 Å². The number of benzene rings is 1. The van der Waals surface area contributed by atoms with Crippen LogP contribution in [0.1, 0.15) is 29.8 Å². The van der Waals surface area contributed by atoms with E-state index >= 15 is 0 Å². The standard InChI is InChI=1S/C12H13N3/c1-7(14)11-8(2)15-12-9(6-13)4-3-5-10(11)12/h3-5,7,15H,14H2,1-2H3. The Morgan fingerprint density at radius 1 is 1.47 bits per heavy atom. The van der Waals surface area contributed by atoms with Gasteiger partial charge in [0.2, 0.25) is 0 Å². The van der Waals surface area contributed by atoms with Crippen LogP contribution >= 0.6 is 0 Å². The van der Waals surface area contributed by atoms with Gasteiger partial charge in [-0.3, -0.25) is 0 Å². The summed E-state index contributed by atoms with van der Waals surface area (Å²) in [6.45, 7) is 3.94. The van der Waals surface area contributed by atoms with Gasteiger partial charge in [-0.15, -0.1) is 0 Å². The second-order valence-electron chi connectivity index (χ2n) is 3.79. The quantitative estimate of drug-likeness (QED) is 0.740. The Kier molecular flexibility index (Phi) is 2.22. The van der Waals surface area contributed by atoms with Crippen molar-refractivity contribution >= 4 is 10.9 Å². The third kappa shape index (κ3) is 1.39. The van der Waals surface area contributed by atoms with Gasteiger partial charge in [-0.05, 0) is 25.5 Å². The highest BCUT2D eigenvalue weighted by atomic mass is 14.7. The maximum Gasteiger partial charge on any atom is 0.101 e. The van der Waals surface area contributed by atoms with Gasteiger partial charge in [-0.2, -0.15) is 5.26 Å². The van der Waals surface area contributed by atoms with Gasteiger partial charge in [-0.25, -0.2) is 0 Å². The molecule has 76 valence electrons. The number of rotatable bonds is 1. The van der Waals surface area contributed by atoms with Crippen LogP contribution in [0.3, 0.4) is 0 Å². The molecular formula is C12H13N3. The number of nitrogens with two attached hydrogens (primary N) is 1. The highest BCUT2D eigenvalue weighted by molar-refractivity contribution is 5.89. The molecule has 3 N–H and O–H groups in total. The van der Waals surface area contributed by atoms with Crippen molar-refractivity contribution < 1.29 is 0 Å². The number of nitriles is 1. The van der Waals surface area contributed by atoms with E-state index in [9.17, 15) is 0 Å². The van der Waals surface area contributed by atoms with Gasteiger partial charge >= 0.3 is 0 Å². The van der Waals surface area contributed by atoms with Crippen LogP contribution in [0, 0.1) is 18.3 Å². The summed E-state index contributed by atoms with van der Waals surface area (Å²) in [7, 11) is 0. The Balaban J connectivity index is 2.86. The number of nitrogens with zero attached hydrogens (tertiary/aromatic N) is 1. The number of para-hydroxylation sites is 1. The number of aromatic amines is 1. The monoisotopic (exact) mass is 199 g/mol. The van der Waals surface area contributed by atoms with Gasteiger partial charge in [0.1, 0.15) is 6.07 Å². The third-order valence-electron chi connectivity index (χ3n) is 2.65. The van der Waals surface area contributed by atoms with Gasteiger partial charge in [0, 0.05) is 17.1 Å². The largest absolute Gasteiger partial charge is 0.357 e. The Morgan fingerprint density at radius 3 is 2.80 bits per heavy atom. The van der Waals surface area contributed by atoms with Crippen molar-refractivity contribution in [1.29, 1.82) is 5.26 Å². The third-order valence-corrected chi connectivity index (χ3v) is 2.65. The number of aryl methyl sites for hydroxylation is 1. The number of hydrogen-bond donors (Lipinski definition) is 2. The normalized spacial score (nSPS) is 12.7. The van der Waals surface area contributed by atoms with Gasteiger partial charge in [0.25, 0.3) is 0 Å². The zero-order valence-corrected chi connectivity index (χ0v) is 8.83. The molecule has 1 atom stereocenters. The molecular weight excluding hydrogens is 186 g/mol. The summed E-state index contributed by atoms with van der Waals surface area (Å²) >= 11 is 0. The van der Waals surface area contributed by atoms with Crippen LogP contribution in [0.5, 0.6) is 0 Å². The number of fused-ring (bicyclic) bond motifs is 1. The number of hydrogen-bond acceptors (Lipinski definition) is 2. The van der Waals surface area contributed by atoms with E-state index in [0.29, 0.717) is 5.56 Å². The summed E-state index contributed by atoms with van der Waals surface area (Å²) < 4.78 is 0. The van der Waals surface area contributed by atoms with Crippen LogP contribution in [0.4, 0.5) is 0 Å². The lowest BCUT2D eigenvalue weighted by Gasteiger charge is -2.04. The first kappa shape index (κ1) is 9.75. The number of H-pyrrole nitrogens is 1. The fourth-order valence-corrected chi connectivity index (χ4v) is 2.05. The summed E-state index contributed by atoms with van der Waals surface area (Å²) in [6.07, 6.45) is 0. The Hall–Kier alpha value is -1.79. The van der Waals surface area contributed by atoms with Gasteiger partial charge in [-0.1, -0.05) is 12.1 Å². The summed E-state index contributed by atoms with van der Waals surface area (Å²) in [5.41, 5.74) is 9.62. The second-order valence-corrected chi connectivity index (χ2v) is 3.79. The average molecular weight is 199 g/mol. The van der Waals surface area contributed by atoms with E-state index in [1.54, 1.807) is 0 Å². The van der Waals surface area contributed by atoms with E-state index in [1.165, 1.54) is 0 Å². The zero-order chi connectivity index (χ0) is 11.0. The Morgan fingerprint density at radius 2 is 2.20 bits per heavy atom. The van der Waals surface area contributed by atoms with E-state index in [-0.39, 0.29) is 6.04 Å². The van der Waals surface area contributed by atoms with Crippen molar-refractivity contribution in [2.75, 3.05) is 0 Å². The fourth-order valence-electron chi connectivity index (χ4n) is 2.05. The topological polar surface area (TPSA) is 65.6 Å². The van der Waals surface area contributed by atoms with Crippen molar-refractivity contribution in [2.45, 2.75) is 19.9 Å². The Labute approximate surface area is 88.5 Å². The molecule has 0 spiro atoms. The van der Waals surface area contributed by atoms with Crippen molar-refractivity contribution in [3.8, 4) is 6.07 Å². The lowest BCUT2D eigenvalue weighted by molar-refractivity contribution is 0.817. The maximum atomic E-state index is 8.97. The molecule has 0 aliphatic heterocycles. The van der Waals surface area contributed by atoms with Crippen LogP contribution in [0.25, 0.3) is 10.9 Å². The summed E-state index contributed by atoms with van der Waals surface area (Å²) in [6, 6.07) is 7.85. The highest BCUT2D eigenvalue weighted by Crippen LogP contribution is 2.28. The second kappa shape index (κ2) is 3.41.